The molecule has 0 fully saturated rings. The molecule has 0 unspecified atom stereocenters. The summed E-state index contributed by atoms with van der Waals surface area (Å²) in [7, 11) is 3.48. The summed E-state index contributed by atoms with van der Waals surface area (Å²) in [6, 6.07) is 5.77. The van der Waals surface area contributed by atoms with E-state index in [2.05, 4.69) is 21.3 Å². The number of carbonyl (C=O) groups is 1. The van der Waals surface area contributed by atoms with E-state index in [1.165, 1.54) is 0 Å². The highest BCUT2D eigenvalue weighted by Gasteiger charge is 2.16. The van der Waals surface area contributed by atoms with E-state index in [4.69, 9.17) is 4.74 Å². The predicted octanol–water partition coefficient (Wildman–Crippen LogP) is 3.23. The summed E-state index contributed by atoms with van der Waals surface area (Å²) in [5.41, 5.74) is 1.83. The van der Waals surface area contributed by atoms with Crippen LogP contribution in [0.5, 0.6) is 0 Å². The smallest absolute Gasteiger partial charge is 0.270 e. The van der Waals surface area contributed by atoms with E-state index in [9.17, 15) is 4.79 Å². The van der Waals surface area contributed by atoms with E-state index in [-0.39, 0.29) is 5.91 Å². The van der Waals surface area contributed by atoms with Gasteiger partial charge in [0, 0.05) is 33.4 Å². The lowest BCUT2D eigenvalue weighted by atomic mass is 10.3. The molecule has 108 valence electrons. The first-order valence-corrected chi connectivity index (χ1v) is 7.91. The van der Waals surface area contributed by atoms with Gasteiger partial charge in [0.05, 0.1) is 10.4 Å². The molecule has 0 atom stereocenters. The van der Waals surface area contributed by atoms with Crippen LogP contribution in [0.15, 0.2) is 33.6 Å². The highest BCUT2D eigenvalue weighted by atomic mass is 79.9. The summed E-state index contributed by atoms with van der Waals surface area (Å²) in [6.45, 7) is 1.88. The lowest BCUT2D eigenvalue weighted by Crippen LogP contribution is -2.28. The number of ether oxygens (including phenoxy) is 1. The molecule has 2 heterocycles. The molecule has 20 heavy (non-hydrogen) atoms. The van der Waals surface area contributed by atoms with E-state index < -0.39 is 0 Å². The van der Waals surface area contributed by atoms with Crippen molar-refractivity contribution in [3.63, 3.8) is 0 Å². The Morgan fingerprint density at radius 1 is 1.55 bits per heavy atom. The standard InChI is InChI=1S/C14H17BrN2O2S/c1-16(9-11-8-13(15)20-10-11)14(18)12-4-3-5-17(12)6-7-19-2/h3-5,8,10H,6-7,9H2,1-2H3. The minimum absolute atomic E-state index is 0.0217. The maximum Gasteiger partial charge on any atom is 0.270 e. The fourth-order valence-electron chi connectivity index (χ4n) is 1.96. The van der Waals surface area contributed by atoms with Gasteiger partial charge in [-0.2, -0.15) is 0 Å². The first-order valence-electron chi connectivity index (χ1n) is 6.24. The van der Waals surface area contributed by atoms with Crippen molar-refractivity contribution in [3.8, 4) is 0 Å². The van der Waals surface area contributed by atoms with Crippen LogP contribution in [-0.2, 0) is 17.8 Å². The molecule has 4 nitrogen and oxygen atoms in total. The van der Waals surface area contributed by atoms with Crippen molar-refractivity contribution < 1.29 is 9.53 Å². The van der Waals surface area contributed by atoms with E-state index in [1.54, 1.807) is 23.3 Å². The van der Waals surface area contributed by atoms with E-state index in [1.807, 2.05) is 36.0 Å². The first-order chi connectivity index (χ1) is 9.61. The van der Waals surface area contributed by atoms with Gasteiger partial charge in [-0.25, -0.2) is 0 Å². The molecule has 2 aromatic rings. The number of halogens is 1. The third kappa shape index (κ3) is 3.71. The molecule has 1 amide bonds. The summed E-state index contributed by atoms with van der Waals surface area (Å²) in [6.07, 6.45) is 1.90. The number of carbonyl (C=O) groups excluding carboxylic acids is 1. The van der Waals surface area contributed by atoms with Crippen LogP contribution >= 0.6 is 27.3 Å². The van der Waals surface area contributed by atoms with E-state index >= 15 is 0 Å². The lowest BCUT2D eigenvalue weighted by molar-refractivity contribution is 0.0772. The number of aromatic nitrogens is 1. The van der Waals surface area contributed by atoms with Gasteiger partial charge < -0.3 is 14.2 Å². The van der Waals surface area contributed by atoms with Gasteiger partial charge >= 0.3 is 0 Å². The minimum Gasteiger partial charge on any atom is -0.383 e. The second kappa shape index (κ2) is 7.06. The molecule has 2 aromatic heterocycles. The van der Waals surface area contributed by atoms with Gasteiger partial charge in [-0.1, -0.05) is 0 Å². The summed E-state index contributed by atoms with van der Waals surface area (Å²) in [4.78, 5) is 14.2. The molecule has 0 radical (unpaired) electrons. The molecule has 0 aliphatic rings. The Balaban J connectivity index is 2.04. The van der Waals surface area contributed by atoms with Gasteiger partial charge in [0.2, 0.25) is 0 Å². The monoisotopic (exact) mass is 356 g/mol. The van der Waals surface area contributed by atoms with Crippen molar-refractivity contribution in [2.75, 3.05) is 20.8 Å². The fourth-order valence-corrected chi connectivity index (χ4v) is 3.16. The number of rotatable bonds is 6. The van der Waals surface area contributed by atoms with E-state index in [0.29, 0.717) is 25.4 Å². The third-order valence-corrected chi connectivity index (χ3v) is 4.53. The second-order valence-corrected chi connectivity index (χ2v) is 6.79. The first kappa shape index (κ1) is 15.3. The highest BCUT2D eigenvalue weighted by Crippen LogP contribution is 2.22. The van der Waals surface area contributed by atoms with Gasteiger partial charge in [-0.3, -0.25) is 4.79 Å². The van der Waals surface area contributed by atoms with Gasteiger partial charge in [-0.15, -0.1) is 11.3 Å². The van der Waals surface area contributed by atoms with Gasteiger partial charge in [0.15, 0.2) is 0 Å². The average molecular weight is 357 g/mol. The van der Waals surface area contributed by atoms with Gasteiger partial charge in [-0.05, 0) is 45.1 Å². The second-order valence-electron chi connectivity index (χ2n) is 4.50. The average Bonchev–Trinajstić information content (AvgIpc) is 3.04. The molecule has 0 aromatic carbocycles. The molecule has 0 saturated heterocycles. The summed E-state index contributed by atoms with van der Waals surface area (Å²) < 4.78 is 8.06. The number of hydrogen-bond donors (Lipinski definition) is 0. The molecule has 2 rings (SSSR count). The molecule has 6 heteroatoms. The van der Waals surface area contributed by atoms with Crippen molar-refractivity contribution in [2.45, 2.75) is 13.1 Å². The predicted molar refractivity (Wildman–Crippen MR) is 84.1 cm³/mol. The Morgan fingerprint density at radius 3 is 3.00 bits per heavy atom. The SMILES string of the molecule is COCCn1cccc1C(=O)N(C)Cc1csc(Br)c1. The third-order valence-electron chi connectivity index (χ3n) is 2.97. The van der Waals surface area contributed by atoms with Crippen LogP contribution in [0, 0.1) is 0 Å². The Morgan fingerprint density at radius 2 is 2.35 bits per heavy atom. The maximum absolute atomic E-state index is 12.5. The highest BCUT2D eigenvalue weighted by molar-refractivity contribution is 9.11. The number of methoxy groups -OCH3 is 1. The van der Waals surface area contributed by atoms with Crippen LogP contribution in [0.2, 0.25) is 0 Å². The number of hydrogen-bond acceptors (Lipinski definition) is 3. The molecule has 0 spiro atoms. The molecule has 0 N–H and O–H groups in total. The Kier molecular flexibility index (Phi) is 5.39. The van der Waals surface area contributed by atoms with Crippen molar-refractivity contribution in [3.05, 3.63) is 44.8 Å². The largest absolute Gasteiger partial charge is 0.383 e. The van der Waals surface area contributed by atoms with Crippen LogP contribution in [0.1, 0.15) is 16.1 Å². The van der Waals surface area contributed by atoms with E-state index in [0.717, 1.165) is 9.35 Å². The topological polar surface area (TPSA) is 34.5 Å². The van der Waals surface area contributed by atoms with Crippen molar-refractivity contribution >= 4 is 33.2 Å². The van der Waals surface area contributed by atoms with Crippen LogP contribution in [-0.4, -0.2) is 36.1 Å². The summed E-state index contributed by atoms with van der Waals surface area (Å²) in [5, 5.41) is 2.05. The molecule has 0 saturated carbocycles. The lowest BCUT2D eigenvalue weighted by Gasteiger charge is -2.18. The number of nitrogens with zero attached hydrogens (tertiary/aromatic N) is 2. The Bertz CT molecular complexity index is 579. The molecule has 0 aliphatic carbocycles. The Labute approximate surface area is 131 Å². The fraction of sp³-hybridized carbons (Fsp3) is 0.357. The molecule has 0 bridgehead atoms. The van der Waals surface area contributed by atoms with Crippen LogP contribution in [0.25, 0.3) is 0 Å². The quantitative estimate of drug-likeness (QED) is 0.796. The normalized spacial score (nSPS) is 10.8. The van der Waals surface area contributed by atoms with Crippen LogP contribution in [0.4, 0.5) is 0 Å². The molecule has 0 aliphatic heterocycles. The maximum atomic E-state index is 12.5. The zero-order chi connectivity index (χ0) is 14.5. The number of amides is 1. The summed E-state index contributed by atoms with van der Waals surface area (Å²) >= 11 is 5.06. The zero-order valence-electron chi connectivity index (χ0n) is 11.5. The van der Waals surface area contributed by atoms with Crippen molar-refractivity contribution in [1.29, 1.82) is 0 Å². The van der Waals surface area contributed by atoms with Crippen molar-refractivity contribution in [1.82, 2.24) is 9.47 Å². The van der Waals surface area contributed by atoms with Crippen LogP contribution in [0.3, 0.4) is 0 Å². The van der Waals surface area contributed by atoms with Crippen LogP contribution < -0.4 is 0 Å². The van der Waals surface area contributed by atoms with Crippen molar-refractivity contribution in [2.24, 2.45) is 0 Å². The zero-order valence-corrected chi connectivity index (χ0v) is 13.9. The minimum atomic E-state index is 0.0217. The van der Waals surface area contributed by atoms with Gasteiger partial charge in [0.1, 0.15) is 5.69 Å². The molecular weight excluding hydrogens is 340 g/mol. The summed E-state index contributed by atoms with van der Waals surface area (Å²) in [5.74, 6) is 0.0217. The molecular formula is C14H17BrN2O2S. The van der Waals surface area contributed by atoms with Gasteiger partial charge in [0.25, 0.3) is 5.91 Å². The number of thiophene rings is 1. The Hall–Kier alpha value is -1.11.